The first kappa shape index (κ1) is 17.9. The first-order valence-electron chi connectivity index (χ1n) is 8.95. The van der Waals surface area contributed by atoms with Gasteiger partial charge in [-0.15, -0.1) is 0 Å². The average molecular weight is 284 g/mol. The summed E-state index contributed by atoms with van der Waals surface area (Å²) in [6.45, 7) is 7.31. The van der Waals surface area contributed by atoms with Crippen LogP contribution in [0.2, 0.25) is 0 Å². The molecule has 3 nitrogen and oxygen atoms in total. The fourth-order valence-electron chi connectivity index (χ4n) is 2.75. The molecule has 1 rings (SSSR count). The van der Waals surface area contributed by atoms with E-state index in [4.69, 9.17) is 4.74 Å². The third-order valence-electron chi connectivity index (χ3n) is 4.09. The molecule has 1 unspecified atom stereocenters. The van der Waals surface area contributed by atoms with Gasteiger partial charge in [-0.3, -0.25) is 0 Å². The van der Waals surface area contributed by atoms with Gasteiger partial charge in [0, 0.05) is 32.3 Å². The molecule has 0 aromatic rings. The maximum absolute atomic E-state index is 5.74. The van der Waals surface area contributed by atoms with Gasteiger partial charge in [-0.05, 0) is 6.42 Å². The molecule has 1 aliphatic heterocycles. The molecule has 1 atom stereocenters. The Morgan fingerprint density at radius 2 is 1.50 bits per heavy atom. The number of hydrogen-bond acceptors (Lipinski definition) is 3. The highest BCUT2D eigenvalue weighted by Crippen LogP contribution is 2.10. The number of ether oxygens (including phenoxy) is 1. The molecular formula is C17H36N2O. The Bertz CT molecular complexity index is 193. The molecule has 1 fully saturated rings. The molecule has 2 N–H and O–H groups in total. The predicted octanol–water partition coefficient (Wildman–Crippen LogP) is 3.49. The largest absolute Gasteiger partial charge is 0.380 e. The van der Waals surface area contributed by atoms with E-state index in [9.17, 15) is 0 Å². The van der Waals surface area contributed by atoms with Gasteiger partial charge in [-0.2, -0.15) is 0 Å². The zero-order chi connectivity index (χ0) is 14.3. The summed E-state index contributed by atoms with van der Waals surface area (Å²) in [4.78, 5) is 0. The number of hydrogen-bond donors (Lipinski definition) is 2. The summed E-state index contributed by atoms with van der Waals surface area (Å²) in [5, 5.41) is 6.86. The zero-order valence-electron chi connectivity index (χ0n) is 13.6. The fraction of sp³-hybridized carbons (Fsp3) is 1.00. The normalized spacial score (nSPS) is 19.4. The van der Waals surface area contributed by atoms with Gasteiger partial charge >= 0.3 is 0 Å². The minimum absolute atomic E-state index is 0.520. The highest BCUT2D eigenvalue weighted by molar-refractivity contribution is 4.74. The predicted molar refractivity (Wildman–Crippen MR) is 87.3 cm³/mol. The average Bonchev–Trinajstić information content (AvgIpc) is 2.49. The van der Waals surface area contributed by atoms with E-state index in [-0.39, 0.29) is 0 Å². The molecule has 20 heavy (non-hydrogen) atoms. The molecule has 1 saturated heterocycles. The quantitative estimate of drug-likeness (QED) is 0.508. The summed E-state index contributed by atoms with van der Waals surface area (Å²) in [6, 6.07) is 0.520. The molecule has 120 valence electrons. The van der Waals surface area contributed by atoms with Gasteiger partial charge in [0.2, 0.25) is 0 Å². The van der Waals surface area contributed by atoms with Crippen molar-refractivity contribution >= 4 is 0 Å². The molecule has 0 bridgehead atoms. The number of nitrogens with one attached hydrogen (secondary N) is 2. The Balaban J connectivity index is 1.70. The zero-order valence-corrected chi connectivity index (χ0v) is 13.6. The smallest absolute Gasteiger partial charge is 0.0632 e. The standard InChI is InChI=1S/C17H36N2O/c1-2-3-4-5-6-7-8-9-10-11-14-20-16-17-15-18-12-13-19-17/h17-19H,2-16H2,1H3. The Kier molecular flexibility index (Phi) is 12.4. The molecule has 0 aliphatic carbocycles. The molecule has 0 saturated carbocycles. The topological polar surface area (TPSA) is 33.3 Å². The lowest BCUT2D eigenvalue weighted by Crippen LogP contribution is -2.50. The molecular weight excluding hydrogens is 248 g/mol. The van der Waals surface area contributed by atoms with Crippen LogP contribution in [0.4, 0.5) is 0 Å². The van der Waals surface area contributed by atoms with Crippen LogP contribution in [0, 0.1) is 0 Å². The van der Waals surface area contributed by atoms with Crippen molar-refractivity contribution < 1.29 is 4.74 Å². The van der Waals surface area contributed by atoms with Crippen LogP contribution in [0.25, 0.3) is 0 Å². The van der Waals surface area contributed by atoms with E-state index in [0.29, 0.717) is 6.04 Å². The Morgan fingerprint density at radius 3 is 2.10 bits per heavy atom. The number of piperazine rings is 1. The Labute approximate surface area is 126 Å². The second kappa shape index (κ2) is 13.8. The molecule has 0 aromatic carbocycles. The van der Waals surface area contributed by atoms with E-state index in [0.717, 1.165) is 32.8 Å². The van der Waals surface area contributed by atoms with Gasteiger partial charge in [0.25, 0.3) is 0 Å². The summed E-state index contributed by atoms with van der Waals surface area (Å²) in [6.07, 6.45) is 13.9. The van der Waals surface area contributed by atoms with E-state index in [1.54, 1.807) is 0 Å². The van der Waals surface area contributed by atoms with Gasteiger partial charge in [-0.25, -0.2) is 0 Å². The van der Waals surface area contributed by atoms with Crippen molar-refractivity contribution in [3.8, 4) is 0 Å². The molecule has 0 spiro atoms. The van der Waals surface area contributed by atoms with E-state index in [1.165, 1.54) is 64.2 Å². The van der Waals surface area contributed by atoms with Gasteiger partial charge < -0.3 is 15.4 Å². The van der Waals surface area contributed by atoms with Crippen LogP contribution >= 0.6 is 0 Å². The maximum atomic E-state index is 5.74. The molecule has 0 aromatic heterocycles. The lowest BCUT2D eigenvalue weighted by atomic mass is 10.1. The van der Waals surface area contributed by atoms with Crippen molar-refractivity contribution in [2.45, 2.75) is 77.2 Å². The summed E-state index contributed by atoms with van der Waals surface area (Å²) in [5.74, 6) is 0. The van der Waals surface area contributed by atoms with Gasteiger partial charge in [-0.1, -0.05) is 64.7 Å². The van der Waals surface area contributed by atoms with Crippen molar-refractivity contribution in [1.82, 2.24) is 10.6 Å². The van der Waals surface area contributed by atoms with Crippen molar-refractivity contribution in [2.75, 3.05) is 32.8 Å². The molecule has 3 heteroatoms. The van der Waals surface area contributed by atoms with Crippen LogP contribution in [0.15, 0.2) is 0 Å². The minimum atomic E-state index is 0.520. The van der Waals surface area contributed by atoms with E-state index < -0.39 is 0 Å². The SMILES string of the molecule is CCCCCCCCCCCCOCC1CNCCN1. The molecule has 0 amide bonds. The third kappa shape index (κ3) is 10.6. The maximum Gasteiger partial charge on any atom is 0.0632 e. The van der Waals surface area contributed by atoms with Crippen LogP contribution in [0.1, 0.15) is 71.1 Å². The van der Waals surface area contributed by atoms with Gasteiger partial charge in [0.1, 0.15) is 0 Å². The van der Waals surface area contributed by atoms with Crippen molar-refractivity contribution in [2.24, 2.45) is 0 Å². The van der Waals surface area contributed by atoms with E-state index in [2.05, 4.69) is 17.6 Å². The summed E-state index contributed by atoms with van der Waals surface area (Å²) in [7, 11) is 0. The number of rotatable bonds is 13. The van der Waals surface area contributed by atoms with Crippen LogP contribution < -0.4 is 10.6 Å². The van der Waals surface area contributed by atoms with Crippen molar-refractivity contribution in [3.63, 3.8) is 0 Å². The summed E-state index contributed by atoms with van der Waals surface area (Å²) >= 11 is 0. The van der Waals surface area contributed by atoms with Crippen molar-refractivity contribution in [3.05, 3.63) is 0 Å². The van der Waals surface area contributed by atoms with Crippen molar-refractivity contribution in [1.29, 1.82) is 0 Å². The van der Waals surface area contributed by atoms with Gasteiger partial charge in [0.05, 0.1) is 6.61 Å². The first-order chi connectivity index (χ1) is 9.93. The second-order valence-electron chi connectivity index (χ2n) is 6.11. The van der Waals surface area contributed by atoms with Crippen LogP contribution in [-0.4, -0.2) is 38.9 Å². The van der Waals surface area contributed by atoms with E-state index in [1.807, 2.05) is 0 Å². The number of unbranched alkanes of at least 4 members (excludes halogenated alkanes) is 9. The van der Waals surface area contributed by atoms with Crippen LogP contribution in [-0.2, 0) is 4.74 Å². The highest BCUT2D eigenvalue weighted by atomic mass is 16.5. The monoisotopic (exact) mass is 284 g/mol. The lowest BCUT2D eigenvalue weighted by Gasteiger charge is -2.24. The first-order valence-corrected chi connectivity index (χ1v) is 8.95. The third-order valence-corrected chi connectivity index (χ3v) is 4.09. The molecule has 1 heterocycles. The van der Waals surface area contributed by atoms with Crippen LogP contribution in [0.5, 0.6) is 0 Å². The summed E-state index contributed by atoms with van der Waals surface area (Å²) in [5.41, 5.74) is 0. The van der Waals surface area contributed by atoms with Crippen LogP contribution in [0.3, 0.4) is 0 Å². The lowest BCUT2D eigenvalue weighted by molar-refractivity contribution is 0.103. The molecule has 0 radical (unpaired) electrons. The van der Waals surface area contributed by atoms with Gasteiger partial charge in [0.15, 0.2) is 0 Å². The summed E-state index contributed by atoms with van der Waals surface area (Å²) < 4.78 is 5.74. The minimum Gasteiger partial charge on any atom is -0.380 e. The fourth-order valence-corrected chi connectivity index (χ4v) is 2.75. The molecule has 1 aliphatic rings. The second-order valence-corrected chi connectivity index (χ2v) is 6.11. The Morgan fingerprint density at radius 1 is 0.850 bits per heavy atom. The Hall–Kier alpha value is -0.120. The highest BCUT2D eigenvalue weighted by Gasteiger charge is 2.10. The van der Waals surface area contributed by atoms with E-state index >= 15 is 0 Å².